The molecular formula is C7H4N4S. The Morgan fingerprint density at radius 3 is 2.83 bits per heavy atom. The molecule has 1 N–H and O–H groups in total. The second kappa shape index (κ2) is 4.12. The van der Waals surface area contributed by atoms with Gasteiger partial charge in [-0.3, -0.25) is 0 Å². The maximum Gasteiger partial charge on any atom is 0.186 e. The number of thiazole rings is 1. The van der Waals surface area contributed by atoms with Gasteiger partial charge in [0.15, 0.2) is 5.13 Å². The van der Waals surface area contributed by atoms with E-state index in [9.17, 15) is 0 Å². The van der Waals surface area contributed by atoms with Crippen LogP contribution in [0.25, 0.3) is 0 Å². The molecule has 0 saturated heterocycles. The number of anilines is 1. The lowest BCUT2D eigenvalue weighted by Crippen LogP contribution is -1.87. The minimum Gasteiger partial charge on any atom is -0.336 e. The van der Waals surface area contributed by atoms with Gasteiger partial charge in [0.25, 0.3) is 0 Å². The van der Waals surface area contributed by atoms with Crippen LogP contribution in [0.3, 0.4) is 0 Å². The van der Waals surface area contributed by atoms with Crippen molar-refractivity contribution in [2.24, 2.45) is 0 Å². The lowest BCUT2D eigenvalue weighted by molar-refractivity contribution is 1.38. The summed E-state index contributed by atoms with van der Waals surface area (Å²) in [5.74, 6) is 0. The molecular weight excluding hydrogens is 172 g/mol. The van der Waals surface area contributed by atoms with E-state index >= 15 is 0 Å². The van der Waals surface area contributed by atoms with E-state index in [1.54, 1.807) is 23.7 Å². The molecule has 0 radical (unpaired) electrons. The lowest BCUT2D eigenvalue weighted by atomic mass is 10.4. The van der Waals surface area contributed by atoms with Crippen molar-refractivity contribution in [3.63, 3.8) is 0 Å². The summed E-state index contributed by atoms with van der Waals surface area (Å²) in [7, 11) is 0. The van der Waals surface area contributed by atoms with Gasteiger partial charge in [0.1, 0.15) is 17.7 Å². The van der Waals surface area contributed by atoms with Gasteiger partial charge in [-0.1, -0.05) is 0 Å². The first-order valence-corrected chi connectivity index (χ1v) is 3.91. The summed E-state index contributed by atoms with van der Waals surface area (Å²) in [6, 6.07) is 3.46. The van der Waals surface area contributed by atoms with Crippen LogP contribution in [0, 0.1) is 22.7 Å². The van der Waals surface area contributed by atoms with Gasteiger partial charge >= 0.3 is 0 Å². The van der Waals surface area contributed by atoms with Crippen molar-refractivity contribution >= 4 is 16.5 Å². The highest BCUT2D eigenvalue weighted by molar-refractivity contribution is 7.13. The van der Waals surface area contributed by atoms with E-state index in [4.69, 9.17) is 10.5 Å². The van der Waals surface area contributed by atoms with Crippen LogP contribution in [0.5, 0.6) is 0 Å². The second-order valence-electron chi connectivity index (χ2n) is 1.76. The third kappa shape index (κ3) is 2.08. The number of hydrogen-bond acceptors (Lipinski definition) is 5. The Morgan fingerprint density at radius 1 is 1.58 bits per heavy atom. The Hall–Kier alpha value is -1.85. The maximum absolute atomic E-state index is 8.36. The Morgan fingerprint density at radius 2 is 2.33 bits per heavy atom. The van der Waals surface area contributed by atoms with Crippen LogP contribution < -0.4 is 5.32 Å². The molecule has 1 heterocycles. The number of allylic oxidation sites excluding steroid dienone is 1. The third-order valence-corrected chi connectivity index (χ3v) is 1.72. The van der Waals surface area contributed by atoms with Crippen molar-refractivity contribution in [2.45, 2.75) is 0 Å². The fraction of sp³-hybridized carbons (Fsp3) is 0. The number of hydrogen-bond donors (Lipinski definition) is 1. The van der Waals surface area contributed by atoms with E-state index in [1.165, 1.54) is 17.5 Å². The topological polar surface area (TPSA) is 72.5 Å². The summed E-state index contributed by atoms with van der Waals surface area (Å²) in [4.78, 5) is 3.90. The summed E-state index contributed by atoms with van der Waals surface area (Å²) >= 11 is 1.40. The molecule has 0 fully saturated rings. The molecule has 0 atom stereocenters. The SMILES string of the molecule is N#CC(C#N)=CNc1nccs1. The van der Waals surface area contributed by atoms with Gasteiger partial charge in [-0.15, -0.1) is 11.3 Å². The summed E-state index contributed by atoms with van der Waals surface area (Å²) in [5.41, 5.74) is 0.0326. The lowest BCUT2D eigenvalue weighted by Gasteiger charge is -1.90. The van der Waals surface area contributed by atoms with Crippen LogP contribution in [-0.4, -0.2) is 4.98 Å². The monoisotopic (exact) mass is 176 g/mol. The van der Waals surface area contributed by atoms with Crippen molar-refractivity contribution in [3.05, 3.63) is 23.3 Å². The molecule has 58 valence electrons. The zero-order valence-corrected chi connectivity index (χ0v) is 6.80. The van der Waals surface area contributed by atoms with Gasteiger partial charge < -0.3 is 5.32 Å². The molecule has 0 spiro atoms. The molecule has 4 nitrogen and oxygen atoms in total. The van der Waals surface area contributed by atoms with Gasteiger partial charge in [-0.2, -0.15) is 10.5 Å². The van der Waals surface area contributed by atoms with E-state index in [-0.39, 0.29) is 5.57 Å². The number of nitrogens with zero attached hydrogens (tertiary/aromatic N) is 3. The molecule has 0 aromatic carbocycles. The molecule has 0 unspecified atom stereocenters. The van der Waals surface area contributed by atoms with Crippen LogP contribution >= 0.6 is 11.3 Å². The molecule has 1 rings (SSSR count). The van der Waals surface area contributed by atoms with Crippen LogP contribution in [0.4, 0.5) is 5.13 Å². The largest absolute Gasteiger partial charge is 0.336 e. The number of aromatic nitrogens is 1. The van der Waals surface area contributed by atoms with Crippen LogP contribution in [-0.2, 0) is 0 Å². The van der Waals surface area contributed by atoms with E-state index in [2.05, 4.69) is 10.3 Å². The fourth-order valence-corrected chi connectivity index (χ4v) is 1.02. The van der Waals surface area contributed by atoms with E-state index in [0.717, 1.165) is 0 Å². The molecule has 0 bridgehead atoms. The summed E-state index contributed by atoms with van der Waals surface area (Å²) in [6.07, 6.45) is 2.97. The molecule has 12 heavy (non-hydrogen) atoms. The number of nitrogens with one attached hydrogen (secondary N) is 1. The van der Waals surface area contributed by atoms with Crippen molar-refractivity contribution in [3.8, 4) is 12.1 Å². The quantitative estimate of drug-likeness (QED) is 0.693. The molecule has 0 aliphatic heterocycles. The Bertz CT molecular complexity index is 336. The molecule has 0 aliphatic rings. The highest BCUT2D eigenvalue weighted by Crippen LogP contribution is 2.10. The van der Waals surface area contributed by atoms with Crippen LogP contribution in [0.15, 0.2) is 23.3 Å². The molecule has 0 saturated carbocycles. The average molecular weight is 176 g/mol. The maximum atomic E-state index is 8.36. The van der Waals surface area contributed by atoms with Gasteiger partial charge in [0.05, 0.1) is 0 Å². The van der Waals surface area contributed by atoms with E-state index < -0.39 is 0 Å². The first kappa shape index (κ1) is 8.25. The van der Waals surface area contributed by atoms with Crippen molar-refractivity contribution in [1.82, 2.24) is 4.98 Å². The third-order valence-electron chi connectivity index (χ3n) is 1.01. The predicted octanol–water partition coefficient (Wildman–Crippen LogP) is 1.49. The average Bonchev–Trinajstić information content (AvgIpc) is 2.59. The van der Waals surface area contributed by atoms with Gasteiger partial charge in [0, 0.05) is 17.8 Å². The minimum absolute atomic E-state index is 0.0326. The van der Waals surface area contributed by atoms with Crippen LogP contribution in [0.2, 0.25) is 0 Å². The molecule has 0 amide bonds. The summed E-state index contributed by atoms with van der Waals surface area (Å²) < 4.78 is 0. The number of nitriles is 2. The van der Waals surface area contributed by atoms with Gasteiger partial charge in [-0.05, 0) is 0 Å². The van der Waals surface area contributed by atoms with E-state index in [0.29, 0.717) is 5.13 Å². The zero-order chi connectivity index (χ0) is 8.81. The molecule has 5 heteroatoms. The van der Waals surface area contributed by atoms with Gasteiger partial charge in [0.2, 0.25) is 0 Å². The van der Waals surface area contributed by atoms with Crippen molar-refractivity contribution < 1.29 is 0 Å². The van der Waals surface area contributed by atoms with E-state index in [1.807, 2.05) is 0 Å². The number of rotatable bonds is 2. The van der Waals surface area contributed by atoms with Crippen molar-refractivity contribution in [2.75, 3.05) is 5.32 Å². The fourth-order valence-electron chi connectivity index (χ4n) is 0.518. The molecule has 1 aromatic rings. The Balaban J connectivity index is 2.63. The Labute approximate surface area is 73.4 Å². The first-order chi connectivity index (χ1) is 5.86. The minimum atomic E-state index is 0.0326. The molecule has 0 aliphatic carbocycles. The summed E-state index contributed by atoms with van der Waals surface area (Å²) in [5, 5.41) is 21.9. The smallest absolute Gasteiger partial charge is 0.186 e. The standard InChI is InChI=1S/C7H4N4S/c8-3-6(4-9)5-11-7-10-1-2-12-7/h1-2,5H,(H,10,11). The first-order valence-electron chi connectivity index (χ1n) is 3.03. The molecule has 1 aromatic heterocycles. The van der Waals surface area contributed by atoms with Crippen LogP contribution in [0.1, 0.15) is 0 Å². The predicted molar refractivity (Wildman–Crippen MR) is 45.0 cm³/mol. The zero-order valence-electron chi connectivity index (χ0n) is 5.98. The highest BCUT2D eigenvalue weighted by atomic mass is 32.1. The normalized spacial score (nSPS) is 7.83. The second-order valence-corrected chi connectivity index (χ2v) is 2.66. The van der Waals surface area contributed by atoms with Crippen molar-refractivity contribution in [1.29, 1.82) is 10.5 Å². The van der Waals surface area contributed by atoms with Gasteiger partial charge in [-0.25, -0.2) is 4.98 Å². The highest BCUT2D eigenvalue weighted by Gasteiger charge is 1.92. The summed E-state index contributed by atoms with van der Waals surface area (Å²) in [6.45, 7) is 0. The Kier molecular flexibility index (Phi) is 2.83.